The van der Waals surface area contributed by atoms with E-state index in [-0.39, 0.29) is 5.69 Å². The summed E-state index contributed by atoms with van der Waals surface area (Å²) in [6, 6.07) is 9.40. The van der Waals surface area contributed by atoms with E-state index in [9.17, 15) is 4.79 Å². The second-order valence-electron chi connectivity index (χ2n) is 3.47. The zero-order chi connectivity index (χ0) is 12.3. The number of para-hydroxylation sites is 1. The molecule has 0 aliphatic carbocycles. The summed E-state index contributed by atoms with van der Waals surface area (Å²) in [5.41, 5.74) is 1.25. The molecular weight excluding hydrogens is 216 g/mol. The summed E-state index contributed by atoms with van der Waals surface area (Å²) in [6.07, 6.45) is 1.52. The molecule has 5 heteroatoms. The fourth-order valence-corrected chi connectivity index (χ4v) is 1.70. The van der Waals surface area contributed by atoms with Crippen LogP contribution in [-0.4, -0.2) is 23.6 Å². The number of rotatable bonds is 3. The van der Waals surface area contributed by atoms with Crippen molar-refractivity contribution >= 4 is 11.5 Å². The molecule has 0 bridgehead atoms. The molecule has 0 fully saturated rings. The number of nitrogens with zero attached hydrogens (tertiary/aromatic N) is 2. The summed E-state index contributed by atoms with van der Waals surface area (Å²) < 4.78 is 1.53. The molecule has 1 heterocycles. The number of benzene rings is 1. The predicted molar refractivity (Wildman–Crippen MR) is 68.9 cm³/mol. The maximum Gasteiger partial charge on any atom is 0.353 e. The minimum atomic E-state index is -0.306. The summed E-state index contributed by atoms with van der Waals surface area (Å²) in [5, 5.41) is 6.01. The molecule has 1 aromatic carbocycles. The smallest absolute Gasteiger partial charge is 0.353 e. The molecule has 2 N–H and O–H groups in total. The lowest BCUT2D eigenvalue weighted by Crippen LogP contribution is -2.24. The van der Waals surface area contributed by atoms with Crippen LogP contribution < -0.4 is 16.3 Å². The molecule has 0 spiro atoms. The molecule has 17 heavy (non-hydrogen) atoms. The summed E-state index contributed by atoms with van der Waals surface area (Å²) in [5.74, 6) is 0.693. The normalized spacial score (nSPS) is 10.0. The highest BCUT2D eigenvalue weighted by molar-refractivity contribution is 5.65. The zero-order valence-corrected chi connectivity index (χ0v) is 9.77. The third-order valence-corrected chi connectivity index (χ3v) is 2.49. The molecular formula is C12H14N4O. The first kappa shape index (κ1) is 11.2. The number of aromatic nitrogens is 2. The van der Waals surface area contributed by atoms with E-state index in [1.54, 1.807) is 14.1 Å². The number of hydrogen-bond donors (Lipinski definition) is 2. The fourth-order valence-electron chi connectivity index (χ4n) is 1.70. The van der Waals surface area contributed by atoms with Gasteiger partial charge in [-0.25, -0.2) is 9.36 Å². The number of anilines is 2. The van der Waals surface area contributed by atoms with Gasteiger partial charge in [-0.2, -0.15) is 4.98 Å². The van der Waals surface area contributed by atoms with Crippen LogP contribution in [0.4, 0.5) is 11.5 Å². The highest BCUT2D eigenvalue weighted by atomic mass is 16.1. The van der Waals surface area contributed by atoms with Gasteiger partial charge in [-0.3, -0.25) is 0 Å². The van der Waals surface area contributed by atoms with E-state index in [2.05, 4.69) is 15.6 Å². The third-order valence-electron chi connectivity index (χ3n) is 2.49. The van der Waals surface area contributed by atoms with Crippen LogP contribution in [-0.2, 0) is 0 Å². The summed E-state index contributed by atoms with van der Waals surface area (Å²) in [7, 11) is 3.56. The van der Waals surface area contributed by atoms with Crippen molar-refractivity contribution in [2.24, 2.45) is 0 Å². The van der Waals surface area contributed by atoms with Crippen molar-refractivity contribution in [2.45, 2.75) is 0 Å². The van der Waals surface area contributed by atoms with Crippen molar-refractivity contribution in [1.82, 2.24) is 9.55 Å². The van der Waals surface area contributed by atoms with Crippen LogP contribution in [0.3, 0.4) is 0 Å². The molecule has 0 amide bonds. The van der Waals surface area contributed by atoms with Crippen molar-refractivity contribution in [2.75, 3.05) is 24.7 Å². The second-order valence-corrected chi connectivity index (χ2v) is 3.47. The Kier molecular flexibility index (Phi) is 3.09. The molecule has 0 saturated carbocycles. The average molecular weight is 230 g/mol. The minimum absolute atomic E-state index is 0.306. The van der Waals surface area contributed by atoms with E-state index < -0.39 is 0 Å². The van der Waals surface area contributed by atoms with Crippen molar-refractivity contribution in [3.8, 4) is 5.69 Å². The molecule has 0 atom stereocenters. The highest BCUT2D eigenvalue weighted by Gasteiger charge is 2.10. The van der Waals surface area contributed by atoms with Gasteiger partial charge in [0.2, 0.25) is 0 Å². The number of hydrogen-bond acceptors (Lipinski definition) is 4. The number of nitrogens with one attached hydrogen (secondary N) is 2. The van der Waals surface area contributed by atoms with Gasteiger partial charge in [0.1, 0.15) is 5.82 Å². The van der Waals surface area contributed by atoms with Crippen LogP contribution in [0.15, 0.2) is 41.3 Å². The van der Waals surface area contributed by atoms with Gasteiger partial charge in [0.15, 0.2) is 0 Å². The molecule has 88 valence electrons. The molecule has 2 aromatic rings. The Labute approximate surface area is 99.1 Å². The van der Waals surface area contributed by atoms with Crippen molar-refractivity contribution in [3.05, 3.63) is 47.0 Å². The standard InChI is InChI=1S/C12H14N4O/c1-13-10-8-15-12(17)16(11(10)14-2)9-6-4-3-5-7-9/h3-8,13-14H,1-2H3. The van der Waals surface area contributed by atoms with E-state index in [1.807, 2.05) is 30.3 Å². The Morgan fingerprint density at radius 3 is 2.41 bits per heavy atom. The molecule has 0 unspecified atom stereocenters. The second kappa shape index (κ2) is 4.69. The lowest BCUT2D eigenvalue weighted by molar-refractivity contribution is 0.920. The van der Waals surface area contributed by atoms with Crippen molar-refractivity contribution in [3.63, 3.8) is 0 Å². The lowest BCUT2D eigenvalue weighted by atomic mass is 10.3. The van der Waals surface area contributed by atoms with E-state index in [1.165, 1.54) is 10.8 Å². The van der Waals surface area contributed by atoms with Crippen LogP contribution in [0.2, 0.25) is 0 Å². The Bertz CT molecular complexity index is 562. The van der Waals surface area contributed by atoms with Crippen LogP contribution in [0, 0.1) is 0 Å². The molecule has 0 saturated heterocycles. The van der Waals surface area contributed by atoms with Crippen molar-refractivity contribution < 1.29 is 0 Å². The maximum atomic E-state index is 11.9. The Morgan fingerprint density at radius 1 is 1.12 bits per heavy atom. The average Bonchev–Trinajstić information content (AvgIpc) is 2.39. The minimum Gasteiger partial charge on any atom is -0.384 e. The maximum absolute atomic E-state index is 11.9. The Morgan fingerprint density at radius 2 is 1.82 bits per heavy atom. The van der Waals surface area contributed by atoms with Gasteiger partial charge in [0.25, 0.3) is 0 Å². The van der Waals surface area contributed by atoms with Crippen LogP contribution in [0.5, 0.6) is 0 Å². The Hall–Kier alpha value is -2.30. The van der Waals surface area contributed by atoms with Gasteiger partial charge in [0.05, 0.1) is 17.6 Å². The summed E-state index contributed by atoms with van der Waals surface area (Å²) in [6.45, 7) is 0. The first-order chi connectivity index (χ1) is 8.27. The van der Waals surface area contributed by atoms with Gasteiger partial charge >= 0.3 is 5.69 Å². The van der Waals surface area contributed by atoms with Gasteiger partial charge < -0.3 is 10.6 Å². The van der Waals surface area contributed by atoms with E-state index in [0.29, 0.717) is 5.82 Å². The zero-order valence-electron chi connectivity index (χ0n) is 9.77. The third kappa shape index (κ3) is 1.99. The first-order valence-electron chi connectivity index (χ1n) is 5.31. The van der Waals surface area contributed by atoms with Crippen molar-refractivity contribution in [1.29, 1.82) is 0 Å². The van der Waals surface area contributed by atoms with E-state index >= 15 is 0 Å². The van der Waals surface area contributed by atoms with Crippen LogP contribution >= 0.6 is 0 Å². The molecule has 0 radical (unpaired) electrons. The van der Waals surface area contributed by atoms with Gasteiger partial charge in [-0.05, 0) is 12.1 Å². The fraction of sp³-hybridized carbons (Fsp3) is 0.167. The van der Waals surface area contributed by atoms with Gasteiger partial charge in [-0.1, -0.05) is 18.2 Å². The van der Waals surface area contributed by atoms with E-state index in [4.69, 9.17) is 0 Å². The summed E-state index contributed by atoms with van der Waals surface area (Å²) >= 11 is 0. The molecule has 5 nitrogen and oxygen atoms in total. The largest absolute Gasteiger partial charge is 0.384 e. The topological polar surface area (TPSA) is 59.0 Å². The first-order valence-corrected chi connectivity index (χ1v) is 5.31. The lowest BCUT2D eigenvalue weighted by Gasteiger charge is -2.15. The predicted octanol–water partition coefficient (Wildman–Crippen LogP) is 1.32. The molecule has 1 aromatic heterocycles. The SMILES string of the molecule is CNc1cnc(=O)n(-c2ccccc2)c1NC. The van der Waals surface area contributed by atoms with Gasteiger partial charge in [0, 0.05) is 14.1 Å². The Balaban J connectivity index is 2.72. The monoisotopic (exact) mass is 230 g/mol. The van der Waals surface area contributed by atoms with E-state index in [0.717, 1.165) is 11.4 Å². The molecule has 0 aliphatic rings. The van der Waals surface area contributed by atoms with Gasteiger partial charge in [-0.15, -0.1) is 0 Å². The van der Waals surface area contributed by atoms with Crippen LogP contribution in [0.25, 0.3) is 5.69 Å². The highest BCUT2D eigenvalue weighted by Crippen LogP contribution is 2.20. The summed E-state index contributed by atoms with van der Waals surface area (Å²) in [4.78, 5) is 15.7. The molecule has 2 rings (SSSR count). The quantitative estimate of drug-likeness (QED) is 0.834. The van der Waals surface area contributed by atoms with Crippen LogP contribution in [0.1, 0.15) is 0 Å². The molecule has 0 aliphatic heterocycles.